The Balaban J connectivity index is 1.75. The molecule has 0 saturated heterocycles. The molecule has 2 bridgehead atoms. The van der Waals surface area contributed by atoms with Crippen molar-refractivity contribution in [2.45, 2.75) is 51.6 Å². The SMILES string of the molecule is CCOc1ccc(N([C@@H](C)C(=O)N[C@H]2C[C@@H]3CC[C@H]2C3)S(C)(=O)=O)cc1. The Labute approximate surface area is 156 Å². The number of fused-ring (bicyclic) bond motifs is 2. The van der Waals surface area contributed by atoms with Crippen LogP contribution in [0.1, 0.15) is 39.5 Å². The van der Waals surface area contributed by atoms with E-state index in [1.807, 2.05) is 6.92 Å². The largest absolute Gasteiger partial charge is 0.494 e. The minimum absolute atomic E-state index is 0.186. The number of benzene rings is 1. The van der Waals surface area contributed by atoms with E-state index < -0.39 is 16.1 Å². The Hall–Kier alpha value is -1.76. The van der Waals surface area contributed by atoms with E-state index in [9.17, 15) is 13.2 Å². The zero-order valence-corrected chi connectivity index (χ0v) is 16.5. The van der Waals surface area contributed by atoms with Crippen molar-refractivity contribution in [3.8, 4) is 5.75 Å². The Bertz CT molecular complexity index is 747. The lowest BCUT2D eigenvalue weighted by Crippen LogP contribution is -2.51. The van der Waals surface area contributed by atoms with Gasteiger partial charge in [-0.1, -0.05) is 6.42 Å². The van der Waals surface area contributed by atoms with Gasteiger partial charge >= 0.3 is 0 Å². The van der Waals surface area contributed by atoms with Gasteiger partial charge in [-0.05, 0) is 69.2 Å². The average molecular weight is 381 g/mol. The van der Waals surface area contributed by atoms with Gasteiger partial charge in [0.25, 0.3) is 0 Å². The Kier molecular flexibility index (Phi) is 5.46. The maximum atomic E-state index is 12.8. The van der Waals surface area contributed by atoms with Crippen LogP contribution >= 0.6 is 0 Å². The minimum Gasteiger partial charge on any atom is -0.494 e. The van der Waals surface area contributed by atoms with Crippen LogP contribution in [0.15, 0.2) is 24.3 Å². The molecule has 0 radical (unpaired) electrons. The summed E-state index contributed by atoms with van der Waals surface area (Å²) >= 11 is 0. The molecule has 4 atom stereocenters. The zero-order valence-electron chi connectivity index (χ0n) is 15.6. The predicted octanol–water partition coefficient (Wildman–Crippen LogP) is 2.54. The smallest absolute Gasteiger partial charge is 0.243 e. The lowest BCUT2D eigenvalue weighted by molar-refractivity contribution is -0.122. The number of nitrogens with one attached hydrogen (secondary N) is 1. The highest BCUT2D eigenvalue weighted by molar-refractivity contribution is 7.92. The number of carbonyl (C=O) groups is 1. The summed E-state index contributed by atoms with van der Waals surface area (Å²) in [6, 6.07) is 6.17. The minimum atomic E-state index is -3.60. The first-order valence-corrected chi connectivity index (χ1v) is 11.2. The van der Waals surface area contributed by atoms with Crippen LogP contribution in [0.25, 0.3) is 0 Å². The third-order valence-corrected chi connectivity index (χ3v) is 6.80. The van der Waals surface area contributed by atoms with Gasteiger partial charge in [-0.3, -0.25) is 9.10 Å². The molecule has 2 fully saturated rings. The van der Waals surface area contributed by atoms with Gasteiger partial charge in [0, 0.05) is 6.04 Å². The van der Waals surface area contributed by atoms with Crippen molar-refractivity contribution >= 4 is 21.6 Å². The third kappa shape index (κ3) is 3.98. The highest BCUT2D eigenvalue weighted by atomic mass is 32.2. The summed E-state index contributed by atoms with van der Waals surface area (Å²) in [5.41, 5.74) is 0.464. The Morgan fingerprint density at radius 2 is 1.96 bits per heavy atom. The highest BCUT2D eigenvalue weighted by Crippen LogP contribution is 2.44. The van der Waals surface area contributed by atoms with Gasteiger partial charge in [0.2, 0.25) is 15.9 Å². The monoisotopic (exact) mass is 380 g/mol. The van der Waals surface area contributed by atoms with Crippen molar-refractivity contribution < 1.29 is 17.9 Å². The number of ether oxygens (including phenoxy) is 1. The summed E-state index contributed by atoms with van der Waals surface area (Å²) in [6.45, 7) is 4.07. The molecule has 1 amide bonds. The zero-order chi connectivity index (χ0) is 18.9. The summed E-state index contributed by atoms with van der Waals surface area (Å²) in [5.74, 6) is 1.71. The van der Waals surface area contributed by atoms with Crippen LogP contribution < -0.4 is 14.4 Å². The van der Waals surface area contributed by atoms with Gasteiger partial charge in [-0.15, -0.1) is 0 Å². The number of anilines is 1. The highest BCUT2D eigenvalue weighted by Gasteiger charge is 2.41. The average Bonchev–Trinajstić information content (AvgIpc) is 3.18. The van der Waals surface area contributed by atoms with E-state index in [0.717, 1.165) is 18.6 Å². The van der Waals surface area contributed by atoms with Crippen LogP contribution in [0.3, 0.4) is 0 Å². The molecule has 0 aromatic heterocycles. The summed E-state index contributed by atoms with van der Waals surface area (Å²) < 4.78 is 31.3. The van der Waals surface area contributed by atoms with Gasteiger partial charge in [0.05, 0.1) is 18.6 Å². The molecule has 0 unspecified atom stereocenters. The Morgan fingerprint density at radius 1 is 1.27 bits per heavy atom. The molecule has 6 nitrogen and oxygen atoms in total. The first-order chi connectivity index (χ1) is 12.3. The standard InChI is InChI=1S/C19H28N2O4S/c1-4-25-17-9-7-16(8-10-17)21(26(3,23)24)13(2)19(22)20-18-12-14-5-6-15(18)11-14/h7-10,13-15,18H,4-6,11-12H2,1-3H3,(H,20,22)/t13-,14+,15-,18-/m0/s1. The molecule has 26 heavy (non-hydrogen) atoms. The summed E-state index contributed by atoms with van der Waals surface area (Å²) in [4.78, 5) is 12.8. The number of amides is 1. The van der Waals surface area contributed by atoms with Gasteiger partial charge in [-0.25, -0.2) is 8.42 Å². The van der Waals surface area contributed by atoms with E-state index in [-0.39, 0.29) is 11.9 Å². The van der Waals surface area contributed by atoms with Crippen LogP contribution in [0.2, 0.25) is 0 Å². The fourth-order valence-corrected chi connectivity index (χ4v) is 5.56. The van der Waals surface area contributed by atoms with Gasteiger partial charge < -0.3 is 10.1 Å². The molecule has 2 saturated carbocycles. The number of carbonyl (C=O) groups excluding carboxylic acids is 1. The van der Waals surface area contributed by atoms with E-state index in [1.165, 1.54) is 23.6 Å². The molecule has 2 aliphatic rings. The van der Waals surface area contributed by atoms with Crippen LogP contribution in [-0.4, -0.2) is 39.3 Å². The van der Waals surface area contributed by atoms with E-state index in [2.05, 4.69) is 5.32 Å². The molecule has 7 heteroatoms. The van der Waals surface area contributed by atoms with Crippen molar-refractivity contribution in [1.82, 2.24) is 5.32 Å². The molecular weight excluding hydrogens is 352 g/mol. The normalized spacial score (nSPS) is 25.7. The van der Waals surface area contributed by atoms with Crippen LogP contribution in [0, 0.1) is 11.8 Å². The van der Waals surface area contributed by atoms with Crippen molar-refractivity contribution in [1.29, 1.82) is 0 Å². The third-order valence-electron chi connectivity index (χ3n) is 5.56. The number of hydrogen-bond acceptors (Lipinski definition) is 4. The van der Waals surface area contributed by atoms with Crippen molar-refractivity contribution in [2.24, 2.45) is 11.8 Å². The topological polar surface area (TPSA) is 75.7 Å². The quantitative estimate of drug-likeness (QED) is 0.789. The molecule has 1 aromatic rings. The molecule has 144 valence electrons. The fourth-order valence-electron chi connectivity index (χ4n) is 4.39. The van der Waals surface area contributed by atoms with E-state index in [1.54, 1.807) is 31.2 Å². The lowest BCUT2D eigenvalue weighted by atomic mass is 9.95. The molecule has 1 N–H and O–H groups in total. The van der Waals surface area contributed by atoms with Gasteiger partial charge in [0.15, 0.2) is 0 Å². The first-order valence-electron chi connectivity index (χ1n) is 9.32. The molecular formula is C19H28N2O4S. The summed E-state index contributed by atoms with van der Waals surface area (Å²) in [7, 11) is -3.60. The molecule has 1 aromatic carbocycles. The summed E-state index contributed by atoms with van der Waals surface area (Å²) in [5, 5.41) is 3.09. The van der Waals surface area contributed by atoms with Crippen molar-refractivity contribution in [3.05, 3.63) is 24.3 Å². The van der Waals surface area contributed by atoms with E-state index in [4.69, 9.17) is 4.74 Å². The number of rotatable bonds is 7. The fraction of sp³-hybridized carbons (Fsp3) is 0.632. The van der Waals surface area contributed by atoms with Crippen molar-refractivity contribution in [3.63, 3.8) is 0 Å². The Morgan fingerprint density at radius 3 is 2.46 bits per heavy atom. The van der Waals surface area contributed by atoms with Crippen LogP contribution in [-0.2, 0) is 14.8 Å². The predicted molar refractivity (Wildman–Crippen MR) is 102 cm³/mol. The lowest BCUT2D eigenvalue weighted by Gasteiger charge is -2.31. The molecule has 0 spiro atoms. The van der Waals surface area contributed by atoms with Crippen molar-refractivity contribution in [2.75, 3.05) is 17.2 Å². The first kappa shape index (κ1) is 19.0. The van der Waals surface area contributed by atoms with Crippen LogP contribution in [0.4, 0.5) is 5.69 Å². The molecule has 0 heterocycles. The maximum absolute atomic E-state index is 12.8. The molecule has 3 rings (SSSR count). The summed E-state index contributed by atoms with van der Waals surface area (Å²) in [6.07, 6.45) is 5.76. The van der Waals surface area contributed by atoms with E-state index >= 15 is 0 Å². The van der Waals surface area contributed by atoms with Gasteiger partial charge in [0.1, 0.15) is 11.8 Å². The maximum Gasteiger partial charge on any atom is 0.243 e. The molecule has 2 aliphatic carbocycles. The van der Waals surface area contributed by atoms with Crippen LogP contribution in [0.5, 0.6) is 5.75 Å². The number of hydrogen-bond donors (Lipinski definition) is 1. The van der Waals surface area contributed by atoms with E-state index in [0.29, 0.717) is 24.0 Å². The van der Waals surface area contributed by atoms with Gasteiger partial charge in [-0.2, -0.15) is 0 Å². The second kappa shape index (κ2) is 7.47. The molecule has 0 aliphatic heterocycles. The second-order valence-electron chi connectivity index (χ2n) is 7.45. The second-order valence-corrected chi connectivity index (χ2v) is 9.31. The number of sulfonamides is 1. The number of nitrogens with zero attached hydrogens (tertiary/aromatic N) is 1.